The molecular formula is C11H13BrO2. The van der Waals surface area contributed by atoms with E-state index in [1.54, 1.807) is 12.1 Å². The summed E-state index contributed by atoms with van der Waals surface area (Å²) in [5.74, 6) is 0.0418. The molecule has 76 valence electrons. The van der Waals surface area contributed by atoms with Crippen molar-refractivity contribution in [2.75, 3.05) is 18.5 Å². The lowest BCUT2D eigenvalue weighted by Gasteiger charge is -2.01. The van der Waals surface area contributed by atoms with Crippen LogP contribution in [0.2, 0.25) is 0 Å². The highest BCUT2D eigenvalue weighted by Gasteiger charge is 2.03. The minimum Gasteiger partial charge on any atom is -0.373 e. The third-order valence-electron chi connectivity index (χ3n) is 1.75. The van der Waals surface area contributed by atoms with Gasteiger partial charge in [-0.3, -0.25) is 4.79 Å². The molecule has 0 amide bonds. The largest absolute Gasteiger partial charge is 0.373 e. The number of Topliss-reactive ketones (excluding diaryl/α,β-unsaturated/α-hetero) is 1. The number of halogens is 1. The molecular weight excluding hydrogens is 244 g/mol. The Labute approximate surface area is 92.4 Å². The Morgan fingerprint density at radius 3 is 2.64 bits per heavy atom. The first-order valence-electron chi connectivity index (χ1n) is 4.56. The smallest absolute Gasteiger partial charge is 0.188 e. The first kappa shape index (κ1) is 11.4. The van der Waals surface area contributed by atoms with E-state index in [1.165, 1.54) is 0 Å². The zero-order valence-electron chi connectivity index (χ0n) is 7.91. The Bertz CT molecular complexity index is 272. The minimum absolute atomic E-state index is 0.0418. The van der Waals surface area contributed by atoms with Gasteiger partial charge in [0.15, 0.2) is 5.78 Å². The summed E-state index contributed by atoms with van der Waals surface area (Å²) in [5.41, 5.74) is 0.714. The molecule has 0 aromatic heterocycles. The zero-order valence-corrected chi connectivity index (χ0v) is 9.50. The third-order valence-corrected chi connectivity index (χ3v) is 2.31. The number of ether oxygens (including phenoxy) is 1. The summed E-state index contributed by atoms with van der Waals surface area (Å²) in [6.45, 7) is 0.806. The lowest BCUT2D eigenvalue weighted by atomic mass is 10.1. The summed E-state index contributed by atoms with van der Waals surface area (Å²) in [5, 5.41) is 0.909. The van der Waals surface area contributed by atoms with Crippen molar-refractivity contribution in [3.05, 3.63) is 35.9 Å². The number of rotatable bonds is 6. The normalized spacial score (nSPS) is 10.1. The van der Waals surface area contributed by atoms with Gasteiger partial charge >= 0.3 is 0 Å². The Morgan fingerprint density at radius 2 is 2.00 bits per heavy atom. The van der Waals surface area contributed by atoms with Crippen molar-refractivity contribution >= 4 is 21.7 Å². The fourth-order valence-corrected chi connectivity index (χ4v) is 1.26. The predicted molar refractivity (Wildman–Crippen MR) is 60.0 cm³/mol. The van der Waals surface area contributed by atoms with Crippen molar-refractivity contribution < 1.29 is 9.53 Å². The summed E-state index contributed by atoms with van der Waals surface area (Å²) in [4.78, 5) is 11.5. The van der Waals surface area contributed by atoms with Crippen LogP contribution in [0, 0.1) is 0 Å². The van der Waals surface area contributed by atoms with Crippen molar-refractivity contribution in [2.45, 2.75) is 6.42 Å². The zero-order chi connectivity index (χ0) is 10.2. The molecule has 0 aliphatic heterocycles. The van der Waals surface area contributed by atoms with E-state index in [-0.39, 0.29) is 12.4 Å². The maximum atomic E-state index is 11.5. The van der Waals surface area contributed by atoms with Gasteiger partial charge in [-0.2, -0.15) is 0 Å². The average molecular weight is 257 g/mol. The number of hydrogen-bond acceptors (Lipinski definition) is 2. The van der Waals surface area contributed by atoms with E-state index in [4.69, 9.17) is 4.74 Å². The van der Waals surface area contributed by atoms with Crippen LogP contribution in [0.15, 0.2) is 30.3 Å². The maximum Gasteiger partial charge on any atom is 0.188 e. The Balaban J connectivity index is 2.29. The lowest BCUT2D eigenvalue weighted by molar-refractivity contribution is 0.0763. The van der Waals surface area contributed by atoms with E-state index in [2.05, 4.69) is 15.9 Å². The number of ketones is 1. The van der Waals surface area contributed by atoms with E-state index in [0.29, 0.717) is 12.2 Å². The molecule has 0 aliphatic carbocycles. The molecule has 0 bridgehead atoms. The van der Waals surface area contributed by atoms with Gasteiger partial charge in [-0.05, 0) is 6.42 Å². The van der Waals surface area contributed by atoms with Gasteiger partial charge in [-0.1, -0.05) is 46.3 Å². The molecule has 0 saturated heterocycles. The highest BCUT2D eigenvalue weighted by Crippen LogP contribution is 2.00. The molecule has 1 aromatic carbocycles. The van der Waals surface area contributed by atoms with Crippen LogP contribution >= 0.6 is 15.9 Å². The second-order valence-electron chi connectivity index (χ2n) is 2.88. The maximum absolute atomic E-state index is 11.5. The number of benzene rings is 1. The van der Waals surface area contributed by atoms with Crippen LogP contribution in [-0.4, -0.2) is 24.3 Å². The minimum atomic E-state index is 0.0418. The fourth-order valence-electron chi connectivity index (χ4n) is 1.03. The number of hydrogen-bond donors (Lipinski definition) is 0. The van der Waals surface area contributed by atoms with Crippen LogP contribution in [-0.2, 0) is 4.74 Å². The quantitative estimate of drug-likeness (QED) is 0.445. The van der Waals surface area contributed by atoms with Crippen molar-refractivity contribution in [3.8, 4) is 0 Å². The van der Waals surface area contributed by atoms with E-state index < -0.39 is 0 Å². The SMILES string of the molecule is O=C(COCCCBr)c1ccccc1. The van der Waals surface area contributed by atoms with E-state index in [9.17, 15) is 4.79 Å². The molecule has 0 heterocycles. The molecule has 0 saturated carbocycles. The van der Waals surface area contributed by atoms with Gasteiger partial charge in [0, 0.05) is 17.5 Å². The number of alkyl halides is 1. The molecule has 0 atom stereocenters. The van der Waals surface area contributed by atoms with E-state index in [1.807, 2.05) is 18.2 Å². The average Bonchev–Trinajstić information content (AvgIpc) is 2.25. The van der Waals surface area contributed by atoms with Crippen molar-refractivity contribution in [1.82, 2.24) is 0 Å². The van der Waals surface area contributed by atoms with Crippen LogP contribution in [0.4, 0.5) is 0 Å². The van der Waals surface area contributed by atoms with Gasteiger partial charge in [-0.25, -0.2) is 0 Å². The summed E-state index contributed by atoms with van der Waals surface area (Å²) in [7, 11) is 0. The van der Waals surface area contributed by atoms with Crippen molar-refractivity contribution in [3.63, 3.8) is 0 Å². The van der Waals surface area contributed by atoms with Crippen molar-refractivity contribution in [2.24, 2.45) is 0 Å². The molecule has 14 heavy (non-hydrogen) atoms. The van der Waals surface area contributed by atoms with Gasteiger partial charge in [0.25, 0.3) is 0 Å². The molecule has 2 nitrogen and oxygen atoms in total. The summed E-state index contributed by atoms with van der Waals surface area (Å²) >= 11 is 3.30. The fraction of sp³-hybridized carbons (Fsp3) is 0.364. The first-order valence-corrected chi connectivity index (χ1v) is 5.68. The molecule has 1 aromatic rings. The van der Waals surface area contributed by atoms with Crippen LogP contribution < -0.4 is 0 Å². The molecule has 3 heteroatoms. The topological polar surface area (TPSA) is 26.3 Å². The molecule has 0 fully saturated rings. The van der Waals surface area contributed by atoms with Crippen molar-refractivity contribution in [1.29, 1.82) is 0 Å². The Kier molecular flexibility index (Phi) is 5.49. The van der Waals surface area contributed by atoms with Crippen LogP contribution in [0.3, 0.4) is 0 Å². The lowest BCUT2D eigenvalue weighted by Crippen LogP contribution is -2.09. The molecule has 0 aliphatic rings. The summed E-state index contributed by atoms with van der Waals surface area (Å²) < 4.78 is 5.21. The van der Waals surface area contributed by atoms with Crippen LogP contribution in [0.5, 0.6) is 0 Å². The van der Waals surface area contributed by atoms with Gasteiger partial charge in [0.05, 0.1) is 0 Å². The number of carbonyl (C=O) groups is 1. The molecule has 1 rings (SSSR count). The number of carbonyl (C=O) groups excluding carboxylic acids is 1. The molecule has 0 spiro atoms. The van der Waals surface area contributed by atoms with Gasteiger partial charge in [-0.15, -0.1) is 0 Å². The van der Waals surface area contributed by atoms with Gasteiger partial charge in [0.1, 0.15) is 6.61 Å². The van der Waals surface area contributed by atoms with Crippen LogP contribution in [0.1, 0.15) is 16.8 Å². The van der Waals surface area contributed by atoms with Gasteiger partial charge < -0.3 is 4.74 Å². The Morgan fingerprint density at radius 1 is 1.29 bits per heavy atom. The summed E-state index contributed by atoms with van der Waals surface area (Å²) in [6.07, 6.45) is 0.933. The van der Waals surface area contributed by atoms with E-state index >= 15 is 0 Å². The third kappa shape index (κ3) is 4.03. The standard InChI is InChI=1S/C11H13BrO2/c12-7-4-8-14-9-11(13)10-5-2-1-3-6-10/h1-3,5-6H,4,7-9H2. The molecule has 0 N–H and O–H groups in total. The first-order chi connectivity index (χ1) is 6.84. The Hall–Kier alpha value is -0.670. The molecule has 0 radical (unpaired) electrons. The highest BCUT2D eigenvalue weighted by atomic mass is 79.9. The van der Waals surface area contributed by atoms with Gasteiger partial charge in [0.2, 0.25) is 0 Å². The molecule has 0 unspecified atom stereocenters. The summed E-state index contributed by atoms with van der Waals surface area (Å²) in [6, 6.07) is 9.20. The predicted octanol–water partition coefficient (Wildman–Crippen LogP) is 2.67. The van der Waals surface area contributed by atoms with E-state index in [0.717, 1.165) is 11.8 Å². The van der Waals surface area contributed by atoms with Crippen LogP contribution in [0.25, 0.3) is 0 Å². The highest BCUT2D eigenvalue weighted by molar-refractivity contribution is 9.09. The second-order valence-corrected chi connectivity index (χ2v) is 3.68. The monoisotopic (exact) mass is 256 g/mol. The second kappa shape index (κ2) is 6.74.